The van der Waals surface area contributed by atoms with Crippen LogP contribution >= 0.6 is 15.9 Å². The number of carboxylic acid groups (broad SMARTS) is 1. The van der Waals surface area contributed by atoms with Crippen molar-refractivity contribution in [2.75, 3.05) is 5.33 Å². The van der Waals surface area contributed by atoms with Gasteiger partial charge in [0, 0.05) is 12.8 Å². The van der Waals surface area contributed by atoms with Crippen LogP contribution in [-0.4, -0.2) is 38.5 Å². The number of carbonyl (C=O) groups excluding carboxylic acids is 2. The summed E-state index contributed by atoms with van der Waals surface area (Å²) in [6.07, 6.45) is 0.296. The van der Waals surface area contributed by atoms with Gasteiger partial charge in [0.1, 0.15) is 5.33 Å². The van der Waals surface area contributed by atoms with Crippen LogP contribution in [0.3, 0.4) is 0 Å². The molecule has 1 heterocycles. The summed E-state index contributed by atoms with van der Waals surface area (Å²) in [4.78, 5) is 29.8. The molecule has 0 saturated carbocycles. The summed E-state index contributed by atoms with van der Waals surface area (Å²) >= 11 is 2.71. The lowest BCUT2D eigenvalue weighted by molar-refractivity contribution is -0.171. The van der Waals surface area contributed by atoms with E-state index in [1.54, 1.807) is 0 Å². The largest absolute Gasteiger partial charge is 0.481 e. The summed E-state index contributed by atoms with van der Waals surface area (Å²) in [5, 5.41) is 16.3. The van der Waals surface area contributed by atoms with Crippen LogP contribution in [0.25, 0.3) is 0 Å². The maximum Gasteiger partial charge on any atom is 0.314 e. The van der Waals surface area contributed by atoms with E-state index in [9.17, 15) is 14.4 Å². The second kappa shape index (κ2) is 5.65. The molecule has 1 rings (SSSR count). The molecule has 0 radical (unpaired) electrons. The quantitative estimate of drug-likeness (QED) is 0.390. The number of amides is 2. The van der Waals surface area contributed by atoms with Crippen LogP contribution in [0.15, 0.2) is 0 Å². The molecule has 1 fully saturated rings. The molecule has 0 unspecified atom stereocenters. The first-order chi connectivity index (χ1) is 5.99. The summed E-state index contributed by atoms with van der Waals surface area (Å²) in [5.41, 5.74) is 0. The maximum atomic E-state index is 10.2. The molecule has 0 spiro atoms. The third-order valence-corrected chi connectivity index (χ3v) is 1.62. The molecule has 1 aliphatic rings. The van der Waals surface area contributed by atoms with E-state index in [2.05, 4.69) is 15.9 Å². The molecule has 2 amide bonds. The van der Waals surface area contributed by atoms with Crippen molar-refractivity contribution in [3.05, 3.63) is 0 Å². The van der Waals surface area contributed by atoms with E-state index in [1.165, 1.54) is 0 Å². The van der Waals surface area contributed by atoms with Crippen LogP contribution in [0.4, 0.5) is 0 Å². The Bertz CT molecular complexity index is 213. The van der Waals surface area contributed by atoms with Gasteiger partial charge < -0.3 is 5.11 Å². The van der Waals surface area contributed by atoms with Gasteiger partial charge in [0.2, 0.25) is 0 Å². The zero-order valence-corrected chi connectivity index (χ0v) is 8.15. The molecule has 7 heteroatoms. The Morgan fingerprint density at radius 3 is 1.77 bits per heavy atom. The number of nitrogens with zero attached hydrogens (tertiary/aromatic N) is 1. The van der Waals surface area contributed by atoms with E-state index in [-0.39, 0.29) is 23.2 Å². The summed E-state index contributed by atoms with van der Waals surface area (Å²) in [6.45, 7) is 0. The van der Waals surface area contributed by atoms with Crippen molar-refractivity contribution in [2.24, 2.45) is 0 Å². The Morgan fingerprint density at radius 2 is 1.69 bits per heavy atom. The van der Waals surface area contributed by atoms with Crippen LogP contribution in [0.2, 0.25) is 0 Å². The highest BCUT2D eigenvalue weighted by Gasteiger charge is 2.26. The first-order valence-electron chi connectivity index (χ1n) is 3.31. The lowest BCUT2D eigenvalue weighted by Crippen LogP contribution is -2.24. The molecule has 0 atom stereocenters. The van der Waals surface area contributed by atoms with Gasteiger partial charge in [-0.05, 0) is 0 Å². The smallest absolute Gasteiger partial charge is 0.314 e. The van der Waals surface area contributed by atoms with Gasteiger partial charge in [-0.25, -0.2) is 0 Å². The molecule has 0 aromatic rings. The molecule has 0 bridgehead atoms. The van der Waals surface area contributed by atoms with Crippen LogP contribution in [0, 0.1) is 0 Å². The molecular formula is C6H8BrNO5. The fourth-order valence-electron chi connectivity index (χ4n) is 0.565. The zero-order valence-electron chi connectivity index (χ0n) is 6.57. The van der Waals surface area contributed by atoms with E-state index in [0.717, 1.165) is 0 Å². The molecule has 74 valence electrons. The Morgan fingerprint density at radius 1 is 1.38 bits per heavy atom. The summed E-state index contributed by atoms with van der Waals surface area (Å²) in [5.74, 6) is -1.84. The Labute approximate surface area is 82.2 Å². The summed E-state index contributed by atoms with van der Waals surface area (Å²) in [7, 11) is 0. The Balaban J connectivity index is 0.000000252. The number of halogens is 1. The van der Waals surface area contributed by atoms with Crippen LogP contribution in [0.1, 0.15) is 12.8 Å². The van der Waals surface area contributed by atoms with Gasteiger partial charge in [-0.15, -0.1) is 0 Å². The van der Waals surface area contributed by atoms with Crippen LogP contribution in [-0.2, 0) is 14.4 Å². The SMILES string of the molecule is O=C(O)CBr.O=C1CCC(=O)N1O. The highest BCUT2D eigenvalue weighted by atomic mass is 79.9. The van der Waals surface area contributed by atoms with Crippen molar-refractivity contribution >= 4 is 33.7 Å². The van der Waals surface area contributed by atoms with Crippen LogP contribution in [0.5, 0.6) is 0 Å². The number of imide groups is 1. The minimum Gasteiger partial charge on any atom is -0.481 e. The van der Waals surface area contributed by atoms with E-state index >= 15 is 0 Å². The van der Waals surface area contributed by atoms with Gasteiger partial charge in [-0.3, -0.25) is 19.6 Å². The third-order valence-electron chi connectivity index (χ3n) is 1.14. The number of hydroxylamine groups is 2. The van der Waals surface area contributed by atoms with E-state index in [4.69, 9.17) is 10.3 Å². The van der Waals surface area contributed by atoms with Gasteiger partial charge >= 0.3 is 5.97 Å². The monoisotopic (exact) mass is 253 g/mol. The minimum absolute atomic E-state index is 0.0347. The fourth-order valence-corrected chi connectivity index (χ4v) is 0.565. The molecule has 13 heavy (non-hydrogen) atoms. The standard InChI is InChI=1S/C4H5NO3.C2H3BrO2/c6-3-1-2-4(7)5(3)8;3-1-2(4)5/h8H,1-2H2;1H2,(H,4,5). The molecule has 0 aromatic heterocycles. The van der Waals surface area contributed by atoms with Crippen molar-refractivity contribution in [2.45, 2.75) is 12.8 Å². The van der Waals surface area contributed by atoms with E-state index < -0.39 is 17.8 Å². The van der Waals surface area contributed by atoms with Gasteiger partial charge in [0.05, 0.1) is 0 Å². The van der Waals surface area contributed by atoms with Crippen molar-refractivity contribution < 1.29 is 24.7 Å². The van der Waals surface area contributed by atoms with Crippen molar-refractivity contribution in [3.63, 3.8) is 0 Å². The van der Waals surface area contributed by atoms with Gasteiger partial charge in [0.25, 0.3) is 11.8 Å². The normalized spacial score (nSPS) is 15.4. The number of hydrogen-bond donors (Lipinski definition) is 2. The van der Waals surface area contributed by atoms with Gasteiger partial charge in [0.15, 0.2) is 0 Å². The highest BCUT2D eigenvalue weighted by Crippen LogP contribution is 2.06. The zero-order chi connectivity index (χ0) is 10.4. The summed E-state index contributed by atoms with van der Waals surface area (Å²) < 4.78 is 0. The number of alkyl halides is 1. The lowest BCUT2D eigenvalue weighted by Gasteiger charge is -1.98. The number of carbonyl (C=O) groups is 3. The molecule has 1 aliphatic heterocycles. The average Bonchev–Trinajstić information content (AvgIpc) is 2.37. The lowest BCUT2D eigenvalue weighted by atomic mass is 10.4. The molecule has 0 aliphatic carbocycles. The van der Waals surface area contributed by atoms with Crippen molar-refractivity contribution in [1.29, 1.82) is 0 Å². The van der Waals surface area contributed by atoms with Crippen molar-refractivity contribution in [3.8, 4) is 0 Å². The van der Waals surface area contributed by atoms with Crippen molar-refractivity contribution in [1.82, 2.24) is 5.06 Å². The average molecular weight is 254 g/mol. The number of aliphatic carboxylic acids is 1. The fraction of sp³-hybridized carbons (Fsp3) is 0.500. The molecule has 2 N–H and O–H groups in total. The topological polar surface area (TPSA) is 94.9 Å². The molecule has 0 aromatic carbocycles. The minimum atomic E-state index is -0.829. The second-order valence-corrected chi connectivity index (χ2v) is 2.69. The molecular weight excluding hydrogens is 246 g/mol. The number of hydrogen-bond acceptors (Lipinski definition) is 4. The van der Waals surface area contributed by atoms with E-state index in [0.29, 0.717) is 0 Å². The number of carboxylic acids is 1. The predicted molar refractivity (Wildman–Crippen MR) is 44.3 cm³/mol. The molecule has 1 saturated heterocycles. The van der Waals surface area contributed by atoms with E-state index in [1.807, 2.05) is 0 Å². The van der Waals surface area contributed by atoms with Gasteiger partial charge in [-0.2, -0.15) is 5.06 Å². The predicted octanol–water partition coefficient (Wildman–Crippen LogP) is -0.00950. The Hall–Kier alpha value is -0.950. The molecule has 6 nitrogen and oxygen atoms in total. The Kier molecular flexibility index (Phi) is 5.24. The second-order valence-electron chi connectivity index (χ2n) is 2.13. The number of rotatable bonds is 1. The first kappa shape index (κ1) is 12.0. The maximum absolute atomic E-state index is 10.2. The van der Waals surface area contributed by atoms with Gasteiger partial charge in [-0.1, -0.05) is 15.9 Å². The summed E-state index contributed by atoms with van der Waals surface area (Å²) in [6, 6.07) is 0. The van der Waals surface area contributed by atoms with Crippen LogP contribution < -0.4 is 0 Å². The highest BCUT2D eigenvalue weighted by molar-refractivity contribution is 9.09. The first-order valence-corrected chi connectivity index (χ1v) is 4.43. The third kappa shape index (κ3) is 4.58.